The monoisotopic (exact) mass is 336 g/mol. The molecule has 0 aliphatic rings. The first kappa shape index (κ1) is 14.0. The van der Waals surface area contributed by atoms with Gasteiger partial charge in [-0.25, -0.2) is 4.79 Å². The van der Waals surface area contributed by atoms with Crippen LogP contribution in [0, 0.1) is 0 Å². The number of benzene rings is 1. The van der Waals surface area contributed by atoms with Crippen LogP contribution in [0.1, 0.15) is 20.7 Å². The smallest absolute Gasteiger partial charge is 0.336 e. The average Bonchev–Trinajstić information content (AvgIpc) is 2.40. The van der Waals surface area contributed by atoms with Gasteiger partial charge < -0.3 is 15.4 Å². The normalized spacial score (nSPS) is 10.1. The number of carboxylic acid groups (broad SMARTS) is 1. The van der Waals surface area contributed by atoms with E-state index in [-0.39, 0.29) is 16.7 Å². The molecule has 6 nitrogen and oxygen atoms in total. The first-order chi connectivity index (χ1) is 9.47. The van der Waals surface area contributed by atoms with Crippen molar-refractivity contribution in [1.29, 1.82) is 0 Å². The molecule has 1 heterocycles. The Kier molecular flexibility index (Phi) is 3.99. The van der Waals surface area contributed by atoms with E-state index in [1.165, 1.54) is 24.4 Å². The molecule has 0 unspecified atom stereocenters. The molecule has 0 saturated heterocycles. The standard InChI is InChI=1S/C13H9BrN2O4/c14-10-2-1-8(6-9(10)13(19)20)16-12(18)7-3-4-15-11(17)5-7/h1-6H,(H,15,17)(H,16,18)(H,19,20). The van der Waals surface area contributed by atoms with Crippen LogP contribution in [0.25, 0.3) is 0 Å². The first-order valence-electron chi connectivity index (χ1n) is 5.50. The number of anilines is 1. The third-order valence-electron chi connectivity index (χ3n) is 2.49. The van der Waals surface area contributed by atoms with Gasteiger partial charge in [-0.2, -0.15) is 0 Å². The van der Waals surface area contributed by atoms with Gasteiger partial charge >= 0.3 is 5.97 Å². The fourth-order valence-corrected chi connectivity index (χ4v) is 1.97. The van der Waals surface area contributed by atoms with Gasteiger partial charge in [-0.3, -0.25) is 9.59 Å². The van der Waals surface area contributed by atoms with Crippen molar-refractivity contribution < 1.29 is 14.7 Å². The van der Waals surface area contributed by atoms with Crippen LogP contribution >= 0.6 is 15.9 Å². The van der Waals surface area contributed by atoms with E-state index >= 15 is 0 Å². The van der Waals surface area contributed by atoms with Gasteiger partial charge in [0.25, 0.3) is 5.91 Å². The molecule has 1 aromatic carbocycles. The van der Waals surface area contributed by atoms with Crippen molar-refractivity contribution in [2.45, 2.75) is 0 Å². The van der Waals surface area contributed by atoms with E-state index in [1.54, 1.807) is 6.07 Å². The summed E-state index contributed by atoms with van der Waals surface area (Å²) in [6.45, 7) is 0. The Morgan fingerprint density at radius 3 is 2.60 bits per heavy atom. The number of halogens is 1. The van der Waals surface area contributed by atoms with Crippen molar-refractivity contribution in [1.82, 2.24) is 4.98 Å². The summed E-state index contributed by atoms with van der Waals surface area (Å²) in [5.41, 5.74) is 0.165. The number of carbonyl (C=O) groups excluding carboxylic acids is 1. The quantitative estimate of drug-likeness (QED) is 0.798. The molecule has 3 N–H and O–H groups in total. The Labute approximate surface area is 121 Å². The predicted molar refractivity (Wildman–Crippen MR) is 76.1 cm³/mol. The second-order valence-electron chi connectivity index (χ2n) is 3.90. The molecule has 0 radical (unpaired) electrons. The number of rotatable bonds is 3. The van der Waals surface area contributed by atoms with Gasteiger partial charge in [0.15, 0.2) is 0 Å². The Morgan fingerprint density at radius 1 is 1.20 bits per heavy atom. The molecular formula is C13H9BrN2O4. The summed E-state index contributed by atoms with van der Waals surface area (Å²) in [7, 11) is 0. The number of H-pyrrole nitrogens is 1. The van der Waals surface area contributed by atoms with Crippen LogP contribution in [-0.2, 0) is 0 Å². The van der Waals surface area contributed by atoms with Crippen LogP contribution in [0.2, 0.25) is 0 Å². The van der Waals surface area contributed by atoms with Crippen molar-refractivity contribution in [3.8, 4) is 0 Å². The molecule has 2 aromatic rings. The summed E-state index contributed by atoms with van der Waals surface area (Å²) in [6.07, 6.45) is 1.36. The zero-order valence-electron chi connectivity index (χ0n) is 10.0. The molecule has 0 aliphatic heterocycles. The molecule has 7 heteroatoms. The van der Waals surface area contributed by atoms with Crippen LogP contribution in [-0.4, -0.2) is 22.0 Å². The number of carboxylic acids is 1. The molecule has 0 atom stereocenters. The number of hydrogen-bond donors (Lipinski definition) is 3. The second kappa shape index (κ2) is 5.70. The van der Waals surface area contributed by atoms with E-state index in [0.717, 1.165) is 6.07 Å². The van der Waals surface area contributed by atoms with Gasteiger partial charge in [0.1, 0.15) is 0 Å². The summed E-state index contributed by atoms with van der Waals surface area (Å²) >= 11 is 3.11. The number of amides is 1. The van der Waals surface area contributed by atoms with Crippen LogP contribution in [0.4, 0.5) is 5.69 Å². The summed E-state index contributed by atoms with van der Waals surface area (Å²) in [4.78, 5) is 36.4. The van der Waals surface area contributed by atoms with Crippen LogP contribution in [0.3, 0.4) is 0 Å². The fraction of sp³-hybridized carbons (Fsp3) is 0. The highest BCUT2D eigenvalue weighted by atomic mass is 79.9. The summed E-state index contributed by atoms with van der Waals surface area (Å²) in [5, 5.41) is 11.5. The molecule has 2 rings (SSSR count). The van der Waals surface area contributed by atoms with Gasteiger partial charge in [-0.1, -0.05) is 0 Å². The van der Waals surface area contributed by atoms with Crippen molar-refractivity contribution in [2.75, 3.05) is 5.32 Å². The number of carbonyl (C=O) groups is 2. The van der Waals surface area contributed by atoms with Gasteiger partial charge in [0.2, 0.25) is 5.56 Å². The molecule has 1 aromatic heterocycles. The van der Waals surface area contributed by atoms with Gasteiger partial charge in [0.05, 0.1) is 5.56 Å². The van der Waals surface area contributed by atoms with Crippen molar-refractivity contribution in [3.05, 3.63) is 62.5 Å². The fourth-order valence-electron chi connectivity index (χ4n) is 1.56. The zero-order chi connectivity index (χ0) is 14.7. The van der Waals surface area contributed by atoms with Crippen LogP contribution < -0.4 is 10.9 Å². The van der Waals surface area contributed by atoms with Crippen molar-refractivity contribution >= 4 is 33.5 Å². The molecule has 0 spiro atoms. The Hall–Kier alpha value is -2.41. The molecule has 0 bridgehead atoms. The lowest BCUT2D eigenvalue weighted by Crippen LogP contribution is -2.15. The summed E-state index contributed by atoms with van der Waals surface area (Å²) in [5.74, 6) is -1.60. The molecule has 0 fully saturated rings. The van der Waals surface area contributed by atoms with E-state index < -0.39 is 11.9 Å². The zero-order valence-corrected chi connectivity index (χ0v) is 11.6. The van der Waals surface area contributed by atoms with Crippen molar-refractivity contribution in [3.63, 3.8) is 0 Å². The number of pyridine rings is 1. The van der Waals surface area contributed by atoms with E-state index in [2.05, 4.69) is 26.2 Å². The minimum Gasteiger partial charge on any atom is -0.478 e. The molecular weight excluding hydrogens is 328 g/mol. The maximum atomic E-state index is 11.9. The SMILES string of the molecule is O=C(Nc1ccc(Br)c(C(=O)O)c1)c1cc[nH]c(=O)c1. The molecule has 0 aliphatic carbocycles. The van der Waals surface area contributed by atoms with E-state index in [0.29, 0.717) is 10.2 Å². The lowest BCUT2D eigenvalue weighted by molar-refractivity contribution is 0.0695. The molecule has 102 valence electrons. The van der Waals surface area contributed by atoms with Crippen LogP contribution in [0.5, 0.6) is 0 Å². The molecule has 0 saturated carbocycles. The predicted octanol–water partition coefficient (Wildman–Crippen LogP) is 2.09. The highest BCUT2D eigenvalue weighted by Gasteiger charge is 2.11. The van der Waals surface area contributed by atoms with E-state index in [4.69, 9.17) is 5.11 Å². The second-order valence-corrected chi connectivity index (χ2v) is 4.75. The van der Waals surface area contributed by atoms with E-state index in [9.17, 15) is 14.4 Å². The number of aromatic carboxylic acids is 1. The topological polar surface area (TPSA) is 99.3 Å². The largest absolute Gasteiger partial charge is 0.478 e. The third-order valence-corrected chi connectivity index (χ3v) is 3.18. The third kappa shape index (κ3) is 3.12. The lowest BCUT2D eigenvalue weighted by Gasteiger charge is -2.07. The Balaban J connectivity index is 2.26. The van der Waals surface area contributed by atoms with Crippen molar-refractivity contribution in [2.24, 2.45) is 0 Å². The van der Waals surface area contributed by atoms with Gasteiger partial charge in [-0.05, 0) is 40.2 Å². The van der Waals surface area contributed by atoms with Crippen LogP contribution in [0.15, 0.2) is 45.8 Å². The highest BCUT2D eigenvalue weighted by molar-refractivity contribution is 9.10. The average molecular weight is 337 g/mol. The maximum Gasteiger partial charge on any atom is 0.336 e. The number of nitrogens with one attached hydrogen (secondary N) is 2. The maximum absolute atomic E-state index is 11.9. The number of hydrogen-bond acceptors (Lipinski definition) is 3. The molecule has 20 heavy (non-hydrogen) atoms. The Bertz CT molecular complexity index is 739. The summed E-state index contributed by atoms with van der Waals surface area (Å²) < 4.78 is 0.416. The minimum absolute atomic E-state index is 0.0358. The highest BCUT2D eigenvalue weighted by Crippen LogP contribution is 2.21. The first-order valence-corrected chi connectivity index (χ1v) is 6.29. The Morgan fingerprint density at radius 2 is 1.95 bits per heavy atom. The number of aromatic nitrogens is 1. The van der Waals surface area contributed by atoms with Gasteiger partial charge in [0, 0.05) is 28.0 Å². The van der Waals surface area contributed by atoms with E-state index in [1.807, 2.05) is 0 Å². The lowest BCUT2D eigenvalue weighted by atomic mass is 10.2. The van der Waals surface area contributed by atoms with Gasteiger partial charge in [-0.15, -0.1) is 0 Å². The summed E-state index contributed by atoms with van der Waals surface area (Å²) in [6, 6.07) is 7.02. The molecule has 1 amide bonds. The number of aromatic amines is 1. The minimum atomic E-state index is -1.11.